The molecule has 0 aliphatic carbocycles. The van der Waals surface area contributed by atoms with Crippen molar-refractivity contribution >= 4 is 18.3 Å². The van der Waals surface area contributed by atoms with Crippen molar-refractivity contribution in [3.05, 3.63) is 30.2 Å². The SMILES string of the molecule is Cl.O=C(NCCN1CCNCC1)c1cc(-c2ccco2)on1. The largest absolute Gasteiger partial charge is 0.461 e. The lowest BCUT2D eigenvalue weighted by Gasteiger charge is -2.26. The Kier molecular flexibility index (Phi) is 6.00. The third-order valence-electron chi connectivity index (χ3n) is 3.43. The van der Waals surface area contributed by atoms with Crippen LogP contribution in [0.15, 0.2) is 33.4 Å². The van der Waals surface area contributed by atoms with Crippen LogP contribution in [-0.2, 0) is 0 Å². The number of nitrogens with zero attached hydrogens (tertiary/aromatic N) is 2. The van der Waals surface area contributed by atoms with E-state index < -0.39 is 0 Å². The van der Waals surface area contributed by atoms with Gasteiger partial charge in [-0.2, -0.15) is 0 Å². The topological polar surface area (TPSA) is 83.5 Å². The van der Waals surface area contributed by atoms with Crippen molar-refractivity contribution < 1.29 is 13.7 Å². The molecular formula is C14H19ClN4O3. The van der Waals surface area contributed by atoms with Gasteiger partial charge in [-0.05, 0) is 12.1 Å². The predicted molar refractivity (Wildman–Crippen MR) is 83.1 cm³/mol. The van der Waals surface area contributed by atoms with Crippen molar-refractivity contribution in [1.29, 1.82) is 0 Å². The van der Waals surface area contributed by atoms with Gasteiger partial charge in [0.2, 0.25) is 5.76 Å². The molecule has 0 bridgehead atoms. The summed E-state index contributed by atoms with van der Waals surface area (Å²) >= 11 is 0. The Bertz CT molecular complexity index is 579. The van der Waals surface area contributed by atoms with Crippen LogP contribution in [0.2, 0.25) is 0 Å². The van der Waals surface area contributed by atoms with E-state index in [9.17, 15) is 4.79 Å². The molecule has 1 fully saturated rings. The number of aromatic nitrogens is 1. The number of nitrogens with one attached hydrogen (secondary N) is 2. The van der Waals surface area contributed by atoms with E-state index in [-0.39, 0.29) is 24.0 Å². The number of hydrogen-bond acceptors (Lipinski definition) is 6. The van der Waals surface area contributed by atoms with Crippen LogP contribution in [0.5, 0.6) is 0 Å². The Balaban J connectivity index is 0.00000176. The average Bonchev–Trinajstić information content (AvgIpc) is 3.19. The summed E-state index contributed by atoms with van der Waals surface area (Å²) in [7, 11) is 0. The predicted octanol–water partition coefficient (Wildman–Crippen LogP) is 0.991. The quantitative estimate of drug-likeness (QED) is 0.852. The summed E-state index contributed by atoms with van der Waals surface area (Å²) in [6, 6.07) is 5.09. The van der Waals surface area contributed by atoms with Gasteiger partial charge in [0, 0.05) is 45.3 Å². The van der Waals surface area contributed by atoms with Gasteiger partial charge in [-0.25, -0.2) is 0 Å². The van der Waals surface area contributed by atoms with Gasteiger partial charge in [0.15, 0.2) is 11.5 Å². The molecule has 8 heteroatoms. The summed E-state index contributed by atoms with van der Waals surface area (Å²) in [5.74, 6) is 0.779. The molecule has 1 aliphatic heterocycles. The van der Waals surface area contributed by atoms with Crippen molar-refractivity contribution in [2.45, 2.75) is 0 Å². The summed E-state index contributed by atoms with van der Waals surface area (Å²) in [5.41, 5.74) is 0.265. The molecule has 0 spiro atoms. The molecule has 0 saturated carbocycles. The van der Waals surface area contributed by atoms with E-state index in [1.165, 1.54) is 0 Å². The smallest absolute Gasteiger partial charge is 0.273 e. The number of halogens is 1. The summed E-state index contributed by atoms with van der Waals surface area (Å²) in [4.78, 5) is 14.3. The lowest BCUT2D eigenvalue weighted by molar-refractivity contribution is 0.0938. The first-order valence-corrected chi connectivity index (χ1v) is 7.05. The van der Waals surface area contributed by atoms with Crippen LogP contribution < -0.4 is 10.6 Å². The molecule has 0 aromatic carbocycles. The normalized spacial score (nSPS) is 15.3. The molecule has 0 atom stereocenters. The third kappa shape index (κ3) is 4.09. The Morgan fingerprint density at radius 3 is 2.91 bits per heavy atom. The van der Waals surface area contributed by atoms with E-state index in [0.29, 0.717) is 18.1 Å². The minimum absolute atomic E-state index is 0. The van der Waals surface area contributed by atoms with Gasteiger partial charge in [-0.15, -0.1) is 12.4 Å². The molecule has 0 radical (unpaired) electrons. The van der Waals surface area contributed by atoms with Crippen LogP contribution in [0.3, 0.4) is 0 Å². The number of hydrogen-bond donors (Lipinski definition) is 2. The molecule has 3 rings (SSSR count). The molecule has 1 amide bonds. The average molecular weight is 327 g/mol. The first-order valence-electron chi connectivity index (χ1n) is 7.05. The fraction of sp³-hybridized carbons (Fsp3) is 0.429. The zero-order chi connectivity index (χ0) is 14.5. The molecule has 1 aliphatic rings. The fourth-order valence-electron chi connectivity index (χ4n) is 2.27. The Labute approximate surface area is 134 Å². The van der Waals surface area contributed by atoms with Gasteiger partial charge in [0.05, 0.1) is 6.26 Å². The van der Waals surface area contributed by atoms with Gasteiger partial charge in [0.25, 0.3) is 5.91 Å². The summed E-state index contributed by atoms with van der Waals surface area (Å²) in [6.45, 7) is 5.48. The van der Waals surface area contributed by atoms with Gasteiger partial charge in [0.1, 0.15) is 0 Å². The van der Waals surface area contributed by atoms with Gasteiger partial charge < -0.3 is 19.6 Å². The zero-order valence-electron chi connectivity index (χ0n) is 12.1. The molecule has 120 valence electrons. The Morgan fingerprint density at radius 2 is 2.18 bits per heavy atom. The first-order chi connectivity index (χ1) is 10.3. The van der Waals surface area contributed by atoms with Crippen LogP contribution in [-0.4, -0.2) is 55.2 Å². The van der Waals surface area contributed by atoms with Crippen molar-refractivity contribution in [2.75, 3.05) is 39.3 Å². The van der Waals surface area contributed by atoms with E-state index in [2.05, 4.69) is 20.7 Å². The number of piperazine rings is 1. The number of amides is 1. The number of rotatable bonds is 5. The molecule has 0 unspecified atom stereocenters. The number of furan rings is 1. The van der Waals surface area contributed by atoms with E-state index in [0.717, 1.165) is 32.7 Å². The molecular weight excluding hydrogens is 308 g/mol. The van der Waals surface area contributed by atoms with Crippen LogP contribution in [0.4, 0.5) is 0 Å². The molecule has 2 N–H and O–H groups in total. The van der Waals surface area contributed by atoms with Crippen molar-refractivity contribution in [1.82, 2.24) is 20.7 Å². The highest BCUT2D eigenvalue weighted by Crippen LogP contribution is 2.20. The Hall–Kier alpha value is -1.83. The highest BCUT2D eigenvalue weighted by molar-refractivity contribution is 5.92. The first kappa shape index (κ1) is 16.5. The molecule has 3 heterocycles. The zero-order valence-corrected chi connectivity index (χ0v) is 12.9. The van der Waals surface area contributed by atoms with Gasteiger partial charge in [-0.1, -0.05) is 5.16 Å². The Morgan fingerprint density at radius 1 is 1.36 bits per heavy atom. The lowest BCUT2D eigenvalue weighted by atomic mass is 10.3. The number of carbonyl (C=O) groups is 1. The molecule has 7 nitrogen and oxygen atoms in total. The summed E-state index contributed by atoms with van der Waals surface area (Å²) in [6.07, 6.45) is 1.55. The second-order valence-corrected chi connectivity index (χ2v) is 4.90. The highest BCUT2D eigenvalue weighted by Gasteiger charge is 2.15. The van der Waals surface area contributed by atoms with Crippen LogP contribution >= 0.6 is 12.4 Å². The van der Waals surface area contributed by atoms with Gasteiger partial charge >= 0.3 is 0 Å². The minimum Gasteiger partial charge on any atom is -0.461 e. The highest BCUT2D eigenvalue weighted by atomic mass is 35.5. The second-order valence-electron chi connectivity index (χ2n) is 4.90. The van der Waals surface area contributed by atoms with E-state index in [1.807, 2.05) is 0 Å². The second kappa shape index (κ2) is 7.98. The lowest BCUT2D eigenvalue weighted by Crippen LogP contribution is -2.46. The van der Waals surface area contributed by atoms with E-state index in [4.69, 9.17) is 8.94 Å². The minimum atomic E-state index is -0.230. The van der Waals surface area contributed by atoms with Crippen LogP contribution in [0, 0.1) is 0 Å². The molecule has 2 aromatic heterocycles. The fourth-order valence-corrected chi connectivity index (χ4v) is 2.27. The maximum absolute atomic E-state index is 12.0. The van der Waals surface area contributed by atoms with Crippen molar-refractivity contribution in [2.24, 2.45) is 0 Å². The molecule has 22 heavy (non-hydrogen) atoms. The van der Waals surface area contributed by atoms with Crippen LogP contribution in [0.1, 0.15) is 10.5 Å². The molecule has 2 aromatic rings. The third-order valence-corrected chi connectivity index (χ3v) is 3.43. The van der Waals surface area contributed by atoms with Crippen LogP contribution in [0.25, 0.3) is 11.5 Å². The maximum Gasteiger partial charge on any atom is 0.273 e. The summed E-state index contributed by atoms with van der Waals surface area (Å²) < 4.78 is 10.3. The van der Waals surface area contributed by atoms with E-state index >= 15 is 0 Å². The monoisotopic (exact) mass is 326 g/mol. The van der Waals surface area contributed by atoms with Crippen molar-refractivity contribution in [3.8, 4) is 11.5 Å². The number of carbonyl (C=O) groups excluding carboxylic acids is 1. The van der Waals surface area contributed by atoms with E-state index in [1.54, 1.807) is 24.5 Å². The summed E-state index contributed by atoms with van der Waals surface area (Å²) in [5, 5.41) is 9.91. The van der Waals surface area contributed by atoms with Gasteiger partial charge in [-0.3, -0.25) is 9.69 Å². The molecule has 1 saturated heterocycles. The maximum atomic E-state index is 12.0. The van der Waals surface area contributed by atoms with Crippen molar-refractivity contribution in [3.63, 3.8) is 0 Å². The standard InChI is InChI=1S/C14H18N4O3.ClH/c19-14(16-5-8-18-6-3-15-4-7-18)11-10-13(21-17-11)12-2-1-9-20-12;/h1-2,9-10,15H,3-8H2,(H,16,19);1H.